The number of imidazole rings is 1. The van der Waals surface area contributed by atoms with E-state index in [1.807, 2.05) is 35.8 Å². The Bertz CT molecular complexity index is 1020. The molecule has 0 spiro atoms. The van der Waals surface area contributed by atoms with E-state index in [-0.39, 0.29) is 5.41 Å². The molecule has 7 heteroatoms. The molecule has 1 saturated heterocycles. The molecule has 1 atom stereocenters. The third kappa shape index (κ3) is 3.59. The number of anilines is 1. The van der Waals surface area contributed by atoms with Crippen LogP contribution in [0.5, 0.6) is 0 Å². The first-order valence-electron chi connectivity index (χ1n) is 9.58. The van der Waals surface area contributed by atoms with Crippen molar-refractivity contribution in [2.45, 2.75) is 51.7 Å². The van der Waals surface area contributed by atoms with Crippen molar-refractivity contribution < 1.29 is 5.11 Å². The highest BCUT2D eigenvalue weighted by Crippen LogP contribution is 2.32. The van der Waals surface area contributed by atoms with Crippen molar-refractivity contribution >= 4 is 28.6 Å². The van der Waals surface area contributed by atoms with Crippen molar-refractivity contribution in [3.63, 3.8) is 0 Å². The molecule has 3 aromatic rings. The van der Waals surface area contributed by atoms with E-state index in [0.29, 0.717) is 19.5 Å². The predicted octanol–water partition coefficient (Wildman–Crippen LogP) is 3.79. The molecular formula is C21H26ClN5O. The van der Waals surface area contributed by atoms with Crippen LogP contribution in [0.15, 0.2) is 30.6 Å². The maximum atomic E-state index is 10.4. The lowest BCUT2D eigenvalue weighted by Gasteiger charge is -2.23. The molecule has 4 rings (SSSR count). The molecule has 0 bridgehead atoms. The van der Waals surface area contributed by atoms with Crippen LogP contribution < -0.4 is 4.90 Å². The van der Waals surface area contributed by atoms with Gasteiger partial charge in [0.25, 0.3) is 0 Å². The summed E-state index contributed by atoms with van der Waals surface area (Å²) in [5.74, 6) is 1.56. The molecule has 1 aliphatic heterocycles. The smallest absolute Gasteiger partial charge is 0.166 e. The molecule has 148 valence electrons. The van der Waals surface area contributed by atoms with Crippen LogP contribution in [-0.2, 0) is 12.0 Å². The van der Waals surface area contributed by atoms with Crippen LogP contribution >= 0.6 is 11.6 Å². The minimum absolute atomic E-state index is 0.204. The summed E-state index contributed by atoms with van der Waals surface area (Å²) in [6.45, 7) is 10.1. The van der Waals surface area contributed by atoms with E-state index in [0.717, 1.165) is 39.9 Å². The number of benzene rings is 1. The fraction of sp³-hybridized carbons (Fsp3) is 0.476. The monoisotopic (exact) mass is 399 g/mol. The van der Waals surface area contributed by atoms with Crippen LogP contribution in [0.2, 0.25) is 5.02 Å². The second kappa shape index (κ2) is 6.71. The fourth-order valence-corrected chi connectivity index (χ4v) is 3.73. The Morgan fingerprint density at radius 1 is 1.21 bits per heavy atom. The molecular weight excluding hydrogens is 374 g/mol. The van der Waals surface area contributed by atoms with Gasteiger partial charge in [0.15, 0.2) is 17.0 Å². The van der Waals surface area contributed by atoms with Crippen LogP contribution in [0.1, 0.15) is 45.5 Å². The Labute approximate surface area is 170 Å². The van der Waals surface area contributed by atoms with Gasteiger partial charge < -0.3 is 14.6 Å². The SMILES string of the molecule is CC1(O)CCN(c2nc(C(C)(C)C)nc3c2ncn3Cc2ccccc2Cl)C1. The van der Waals surface area contributed by atoms with Crippen LogP contribution in [-0.4, -0.2) is 43.3 Å². The van der Waals surface area contributed by atoms with Gasteiger partial charge in [-0.05, 0) is 25.0 Å². The van der Waals surface area contributed by atoms with Crippen molar-refractivity contribution in [2.24, 2.45) is 0 Å². The maximum absolute atomic E-state index is 10.4. The minimum atomic E-state index is -0.709. The second-order valence-electron chi connectivity index (χ2n) is 8.93. The predicted molar refractivity (Wildman–Crippen MR) is 112 cm³/mol. The van der Waals surface area contributed by atoms with Gasteiger partial charge in [-0.2, -0.15) is 0 Å². The van der Waals surface area contributed by atoms with E-state index in [1.54, 1.807) is 6.33 Å². The Morgan fingerprint density at radius 3 is 2.61 bits per heavy atom. The number of fused-ring (bicyclic) bond motifs is 1. The third-order valence-corrected chi connectivity index (χ3v) is 5.53. The van der Waals surface area contributed by atoms with Gasteiger partial charge in [0, 0.05) is 23.5 Å². The molecule has 0 saturated carbocycles. The number of hydrogen-bond acceptors (Lipinski definition) is 5. The summed E-state index contributed by atoms with van der Waals surface area (Å²) >= 11 is 6.36. The molecule has 28 heavy (non-hydrogen) atoms. The van der Waals surface area contributed by atoms with Crippen LogP contribution in [0, 0.1) is 0 Å². The van der Waals surface area contributed by atoms with Gasteiger partial charge >= 0.3 is 0 Å². The summed E-state index contributed by atoms with van der Waals surface area (Å²) in [6.07, 6.45) is 2.51. The van der Waals surface area contributed by atoms with Gasteiger partial charge in [-0.25, -0.2) is 15.0 Å². The van der Waals surface area contributed by atoms with Gasteiger partial charge in [0.05, 0.1) is 18.5 Å². The first kappa shape index (κ1) is 19.2. The zero-order valence-corrected chi connectivity index (χ0v) is 17.5. The highest BCUT2D eigenvalue weighted by molar-refractivity contribution is 6.31. The van der Waals surface area contributed by atoms with E-state index >= 15 is 0 Å². The van der Waals surface area contributed by atoms with E-state index < -0.39 is 5.60 Å². The number of hydrogen-bond donors (Lipinski definition) is 1. The molecule has 3 heterocycles. The third-order valence-electron chi connectivity index (χ3n) is 5.17. The van der Waals surface area contributed by atoms with Gasteiger partial charge in [-0.1, -0.05) is 50.6 Å². The summed E-state index contributed by atoms with van der Waals surface area (Å²) in [6, 6.07) is 7.81. The number of aromatic nitrogens is 4. The van der Waals surface area contributed by atoms with Crippen molar-refractivity contribution in [1.82, 2.24) is 19.5 Å². The van der Waals surface area contributed by atoms with Crippen molar-refractivity contribution in [3.05, 3.63) is 47.0 Å². The van der Waals surface area contributed by atoms with E-state index in [1.165, 1.54) is 0 Å². The lowest BCUT2D eigenvalue weighted by atomic mass is 9.96. The molecule has 6 nitrogen and oxygen atoms in total. The molecule has 1 aromatic carbocycles. The van der Waals surface area contributed by atoms with E-state index in [4.69, 9.17) is 21.6 Å². The zero-order chi connectivity index (χ0) is 20.1. The second-order valence-corrected chi connectivity index (χ2v) is 9.33. The van der Waals surface area contributed by atoms with E-state index in [9.17, 15) is 5.11 Å². The van der Waals surface area contributed by atoms with E-state index in [2.05, 4.69) is 30.7 Å². The lowest BCUT2D eigenvalue weighted by Crippen LogP contribution is -2.31. The highest BCUT2D eigenvalue weighted by Gasteiger charge is 2.34. The largest absolute Gasteiger partial charge is 0.388 e. The molecule has 1 fully saturated rings. The lowest BCUT2D eigenvalue weighted by molar-refractivity contribution is 0.0839. The number of nitrogens with zero attached hydrogens (tertiary/aromatic N) is 5. The van der Waals surface area contributed by atoms with Gasteiger partial charge in [0.1, 0.15) is 5.82 Å². The number of aliphatic hydroxyl groups is 1. The Kier molecular flexibility index (Phi) is 4.59. The van der Waals surface area contributed by atoms with Gasteiger partial charge in [0.2, 0.25) is 0 Å². The molecule has 1 aliphatic rings. The summed E-state index contributed by atoms with van der Waals surface area (Å²) in [5.41, 5.74) is 1.66. The van der Waals surface area contributed by atoms with Crippen molar-refractivity contribution in [1.29, 1.82) is 0 Å². The Morgan fingerprint density at radius 2 is 1.96 bits per heavy atom. The van der Waals surface area contributed by atoms with Crippen molar-refractivity contribution in [2.75, 3.05) is 18.0 Å². The Balaban J connectivity index is 1.84. The number of β-amino-alcohol motifs (C(OH)–C–C–N with tert-alkyl or cyclic N) is 1. The molecule has 0 radical (unpaired) electrons. The minimum Gasteiger partial charge on any atom is -0.388 e. The summed E-state index contributed by atoms with van der Waals surface area (Å²) in [4.78, 5) is 16.5. The first-order valence-corrected chi connectivity index (χ1v) is 9.96. The fourth-order valence-electron chi connectivity index (χ4n) is 3.54. The normalized spacial score (nSPS) is 20.3. The molecule has 1 unspecified atom stereocenters. The first-order chi connectivity index (χ1) is 13.1. The summed E-state index contributed by atoms with van der Waals surface area (Å²) in [7, 11) is 0. The highest BCUT2D eigenvalue weighted by atomic mass is 35.5. The molecule has 0 aliphatic carbocycles. The van der Waals surface area contributed by atoms with Crippen LogP contribution in [0.25, 0.3) is 11.2 Å². The van der Waals surface area contributed by atoms with Crippen LogP contribution in [0.4, 0.5) is 5.82 Å². The van der Waals surface area contributed by atoms with Crippen LogP contribution in [0.3, 0.4) is 0 Å². The summed E-state index contributed by atoms with van der Waals surface area (Å²) < 4.78 is 2.02. The zero-order valence-electron chi connectivity index (χ0n) is 16.8. The number of halogens is 1. The standard InChI is InChI=1S/C21H26ClN5O/c1-20(2,3)19-24-17(26-10-9-21(4,28)12-26)16-18(25-19)27(13-23-16)11-14-7-5-6-8-15(14)22/h5-8,13,28H,9-12H2,1-4H3. The van der Waals surface area contributed by atoms with Gasteiger partial charge in [-0.15, -0.1) is 0 Å². The van der Waals surface area contributed by atoms with Crippen molar-refractivity contribution in [3.8, 4) is 0 Å². The average Bonchev–Trinajstić information content (AvgIpc) is 3.18. The maximum Gasteiger partial charge on any atom is 0.166 e. The van der Waals surface area contributed by atoms with Gasteiger partial charge in [-0.3, -0.25) is 0 Å². The summed E-state index contributed by atoms with van der Waals surface area (Å²) in [5, 5.41) is 11.2. The number of rotatable bonds is 3. The molecule has 1 N–H and O–H groups in total. The Hall–Kier alpha value is -2.18. The average molecular weight is 400 g/mol. The molecule has 2 aromatic heterocycles. The topological polar surface area (TPSA) is 67.1 Å². The quantitative estimate of drug-likeness (QED) is 0.725. The molecule has 0 amide bonds.